The van der Waals surface area contributed by atoms with E-state index in [1.807, 2.05) is 13.8 Å². The van der Waals surface area contributed by atoms with Crippen LogP contribution >= 0.6 is 0 Å². The monoisotopic (exact) mass is 285 g/mol. The number of β-amino-alcohol motifs (C(OH)–C–C–N with tert-alkyl or cyclic N) is 1. The van der Waals surface area contributed by atoms with Gasteiger partial charge < -0.3 is 20.9 Å². The van der Waals surface area contributed by atoms with E-state index in [2.05, 4.69) is 5.16 Å². The molecule has 0 bridgehead atoms. The van der Waals surface area contributed by atoms with Gasteiger partial charge in [0.15, 0.2) is 5.84 Å². The number of oxime groups is 1. The Labute approximate surface area is 120 Å². The minimum absolute atomic E-state index is 0.0160. The molecule has 1 fully saturated rings. The SMILES string of the molecule is CCCC(CCC)(C(=O)N1CCC(C)(O)C1)C(N)=NO. The van der Waals surface area contributed by atoms with Gasteiger partial charge in [0.2, 0.25) is 5.91 Å². The molecule has 6 heteroatoms. The maximum absolute atomic E-state index is 12.9. The van der Waals surface area contributed by atoms with Crippen molar-refractivity contribution in [2.24, 2.45) is 16.3 Å². The Balaban J connectivity index is 3.06. The first kappa shape index (κ1) is 16.8. The summed E-state index contributed by atoms with van der Waals surface area (Å²) in [7, 11) is 0. The smallest absolute Gasteiger partial charge is 0.236 e. The molecule has 0 aliphatic carbocycles. The Hall–Kier alpha value is -1.30. The van der Waals surface area contributed by atoms with Crippen molar-refractivity contribution in [2.45, 2.75) is 58.5 Å². The van der Waals surface area contributed by atoms with E-state index in [4.69, 9.17) is 10.9 Å². The zero-order chi connectivity index (χ0) is 15.4. The molecular weight excluding hydrogens is 258 g/mol. The molecule has 1 atom stereocenters. The number of nitrogens with two attached hydrogens (primary N) is 1. The summed E-state index contributed by atoms with van der Waals surface area (Å²) in [5.74, 6) is -0.146. The topological polar surface area (TPSA) is 99.2 Å². The maximum atomic E-state index is 12.9. The van der Waals surface area contributed by atoms with Gasteiger partial charge in [0.1, 0.15) is 5.41 Å². The van der Waals surface area contributed by atoms with Gasteiger partial charge >= 0.3 is 0 Å². The van der Waals surface area contributed by atoms with Gasteiger partial charge in [-0.2, -0.15) is 0 Å². The molecule has 1 amide bonds. The molecule has 20 heavy (non-hydrogen) atoms. The van der Waals surface area contributed by atoms with Crippen molar-refractivity contribution < 1.29 is 15.1 Å². The van der Waals surface area contributed by atoms with Crippen LogP contribution in [0, 0.1) is 5.41 Å². The van der Waals surface area contributed by atoms with Crippen molar-refractivity contribution in [3.8, 4) is 0 Å². The van der Waals surface area contributed by atoms with E-state index in [9.17, 15) is 9.90 Å². The van der Waals surface area contributed by atoms with E-state index in [0.29, 0.717) is 32.4 Å². The predicted molar refractivity (Wildman–Crippen MR) is 77.5 cm³/mol. The van der Waals surface area contributed by atoms with Crippen molar-refractivity contribution in [1.82, 2.24) is 4.90 Å². The number of aliphatic hydroxyl groups is 1. The number of amides is 1. The lowest BCUT2D eigenvalue weighted by Gasteiger charge is -2.34. The minimum Gasteiger partial charge on any atom is -0.409 e. The summed E-state index contributed by atoms with van der Waals surface area (Å²) in [6.45, 7) is 6.50. The summed E-state index contributed by atoms with van der Waals surface area (Å²) in [5, 5.41) is 22.2. The molecule has 0 saturated carbocycles. The van der Waals surface area contributed by atoms with Crippen molar-refractivity contribution in [2.75, 3.05) is 13.1 Å². The Kier molecular flexibility index (Phi) is 5.39. The fourth-order valence-electron chi connectivity index (χ4n) is 3.07. The third kappa shape index (κ3) is 3.23. The molecule has 1 aliphatic heterocycles. The van der Waals surface area contributed by atoms with Gasteiger partial charge in [-0.25, -0.2) is 0 Å². The van der Waals surface area contributed by atoms with Gasteiger partial charge in [-0.15, -0.1) is 0 Å². The normalized spacial score (nSPS) is 24.2. The number of rotatable bonds is 6. The van der Waals surface area contributed by atoms with E-state index in [-0.39, 0.29) is 11.7 Å². The molecule has 0 spiro atoms. The Morgan fingerprint density at radius 3 is 2.30 bits per heavy atom. The molecule has 116 valence electrons. The van der Waals surface area contributed by atoms with Crippen LogP contribution in [0.5, 0.6) is 0 Å². The van der Waals surface area contributed by atoms with Crippen LogP contribution in [0.4, 0.5) is 0 Å². The summed E-state index contributed by atoms with van der Waals surface area (Å²) in [6.07, 6.45) is 3.20. The Bertz CT molecular complexity index is 374. The second-order valence-electron chi connectivity index (χ2n) is 6.04. The largest absolute Gasteiger partial charge is 0.409 e. The van der Waals surface area contributed by atoms with E-state index in [1.165, 1.54) is 0 Å². The lowest BCUT2D eigenvalue weighted by Crippen LogP contribution is -2.51. The molecule has 0 aromatic carbocycles. The van der Waals surface area contributed by atoms with Crippen LogP contribution in [-0.4, -0.2) is 45.6 Å². The van der Waals surface area contributed by atoms with E-state index in [0.717, 1.165) is 12.8 Å². The highest BCUT2D eigenvalue weighted by Crippen LogP contribution is 2.35. The fraction of sp³-hybridized carbons (Fsp3) is 0.857. The molecule has 1 heterocycles. The Morgan fingerprint density at radius 2 is 1.95 bits per heavy atom. The molecule has 1 unspecified atom stereocenters. The standard InChI is InChI=1S/C14H27N3O3/c1-4-6-14(7-5-2,11(15)16-20)12(18)17-9-8-13(3,19)10-17/h19-20H,4-10H2,1-3H3,(H2,15,16). The number of nitrogens with zero attached hydrogens (tertiary/aromatic N) is 2. The summed E-state index contributed by atoms with van der Waals surface area (Å²) >= 11 is 0. The zero-order valence-electron chi connectivity index (χ0n) is 12.7. The van der Waals surface area contributed by atoms with Gasteiger partial charge in [-0.3, -0.25) is 4.79 Å². The second kappa shape index (κ2) is 6.43. The number of hydrogen-bond donors (Lipinski definition) is 3. The first-order valence-electron chi connectivity index (χ1n) is 7.32. The van der Waals surface area contributed by atoms with Crippen molar-refractivity contribution in [3.63, 3.8) is 0 Å². The first-order valence-corrected chi connectivity index (χ1v) is 7.32. The van der Waals surface area contributed by atoms with Crippen LogP contribution in [0.1, 0.15) is 52.9 Å². The zero-order valence-corrected chi connectivity index (χ0v) is 12.7. The molecule has 0 aromatic heterocycles. The van der Waals surface area contributed by atoms with Gasteiger partial charge in [-0.05, 0) is 26.2 Å². The molecule has 0 radical (unpaired) electrons. The predicted octanol–water partition coefficient (Wildman–Crippen LogP) is 1.30. The number of amidine groups is 1. The third-order valence-corrected chi connectivity index (χ3v) is 4.10. The van der Waals surface area contributed by atoms with Crippen LogP contribution in [0.2, 0.25) is 0 Å². The quantitative estimate of drug-likeness (QED) is 0.296. The average molecular weight is 285 g/mol. The highest BCUT2D eigenvalue weighted by atomic mass is 16.4. The molecule has 4 N–H and O–H groups in total. The van der Waals surface area contributed by atoms with Crippen LogP contribution in [0.3, 0.4) is 0 Å². The molecular formula is C14H27N3O3. The third-order valence-electron chi connectivity index (χ3n) is 4.10. The van der Waals surface area contributed by atoms with Crippen LogP contribution in [-0.2, 0) is 4.79 Å². The van der Waals surface area contributed by atoms with Gasteiger partial charge in [0, 0.05) is 13.1 Å². The summed E-state index contributed by atoms with van der Waals surface area (Å²) < 4.78 is 0. The lowest BCUT2D eigenvalue weighted by molar-refractivity contribution is -0.139. The van der Waals surface area contributed by atoms with Crippen molar-refractivity contribution in [3.05, 3.63) is 0 Å². The van der Waals surface area contributed by atoms with Gasteiger partial charge in [-0.1, -0.05) is 31.8 Å². The average Bonchev–Trinajstić information content (AvgIpc) is 2.76. The summed E-state index contributed by atoms with van der Waals surface area (Å²) in [4.78, 5) is 14.5. The number of carbonyl (C=O) groups is 1. The van der Waals surface area contributed by atoms with Gasteiger partial charge in [0.05, 0.1) is 5.60 Å². The Morgan fingerprint density at radius 1 is 1.40 bits per heavy atom. The van der Waals surface area contributed by atoms with E-state index >= 15 is 0 Å². The molecule has 1 rings (SSSR count). The van der Waals surface area contributed by atoms with Crippen molar-refractivity contribution >= 4 is 11.7 Å². The molecule has 0 aromatic rings. The maximum Gasteiger partial charge on any atom is 0.236 e. The lowest BCUT2D eigenvalue weighted by atomic mass is 9.76. The first-order chi connectivity index (χ1) is 9.33. The highest BCUT2D eigenvalue weighted by Gasteiger charge is 2.47. The van der Waals surface area contributed by atoms with Crippen molar-refractivity contribution in [1.29, 1.82) is 0 Å². The summed E-state index contributed by atoms with van der Waals surface area (Å²) in [5.41, 5.74) is 4.06. The van der Waals surface area contributed by atoms with Gasteiger partial charge in [0.25, 0.3) is 0 Å². The highest BCUT2D eigenvalue weighted by molar-refractivity contribution is 6.06. The van der Waals surface area contributed by atoms with E-state index < -0.39 is 11.0 Å². The number of hydrogen-bond acceptors (Lipinski definition) is 4. The second-order valence-corrected chi connectivity index (χ2v) is 6.04. The molecule has 6 nitrogen and oxygen atoms in total. The van der Waals surface area contributed by atoms with E-state index in [1.54, 1.807) is 11.8 Å². The van der Waals surface area contributed by atoms with Crippen LogP contribution < -0.4 is 5.73 Å². The summed E-state index contributed by atoms with van der Waals surface area (Å²) in [6, 6.07) is 0. The number of likely N-dealkylation sites (tertiary alicyclic amines) is 1. The number of carbonyl (C=O) groups excluding carboxylic acids is 1. The van der Waals surface area contributed by atoms with Crippen LogP contribution in [0.15, 0.2) is 5.16 Å². The fourth-order valence-corrected chi connectivity index (χ4v) is 3.07. The minimum atomic E-state index is -0.946. The molecule has 1 aliphatic rings. The molecule has 1 saturated heterocycles. The van der Waals surface area contributed by atoms with Crippen LogP contribution in [0.25, 0.3) is 0 Å².